The Kier molecular flexibility index (Phi) is 4.81. The van der Waals surface area contributed by atoms with Crippen LogP contribution in [-0.2, 0) is 10.9 Å². The molecule has 2 aromatic carbocycles. The molecule has 0 bridgehead atoms. The van der Waals surface area contributed by atoms with Crippen LogP contribution < -0.4 is 5.56 Å². The first-order valence-electron chi connectivity index (χ1n) is 7.75. The van der Waals surface area contributed by atoms with E-state index < -0.39 is 35.7 Å². The molecule has 0 fully saturated rings. The van der Waals surface area contributed by atoms with E-state index in [2.05, 4.69) is 4.98 Å². The highest BCUT2D eigenvalue weighted by Gasteiger charge is 2.31. The van der Waals surface area contributed by atoms with Gasteiger partial charge >= 0.3 is 12.1 Å². The molecule has 27 heavy (non-hydrogen) atoms. The SMILES string of the molecule is O=C(COC(=O)c1cc(=O)[nH]c2ccccc12)c1cccc(C(F)(F)F)c1. The van der Waals surface area contributed by atoms with Crippen LogP contribution in [0.15, 0.2) is 59.4 Å². The molecule has 0 radical (unpaired) electrons. The molecule has 0 aliphatic carbocycles. The number of halogens is 3. The Morgan fingerprint density at radius 2 is 1.74 bits per heavy atom. The number of hydrogen-bond donors (Lipinski definition) is 1. The average molecular weight is 375 g/mol. The van der Waals surface area contributed by atoms with Gasteiger partial charge in [-0.2, -0.15) is 13.2 Å². The normalized spacial score (nSPS) is 11.4. The Bertz CT molecular complexity index is 1090. The van der Waals surface area contributed by atoms with Crippen LogP contribution in [0.3, 0.4) is 0 Å². The molecule has 138 valence electrons. The summed E-state index contributed by atoms with van der Waals surface area (Å²) in [6.07, 6.45) is -4.59. The highest BCUT2D eigenvalue weighted by atomic mass is 19.4. The number of hydrogen-bond acceptors (Lipinski definition) is 4. The maximum atomic E-state index is 12.7. The number of nitrogens with one attached hydrogen (secondary N) is 1. The minimum absolute atomic E-state index is 0.0359. The number of Topliss-reactive ketones (excluding diaryl/α,β-unsaturated/α-hetero) is 1. The molecule has 0 aliphatic rings. The molecule has 5 nitrogen and oxygen atoms in total. The molecule has 3 rings (SSSR count). The Hall–Kier alpha value is -3.42. The third-order valence-electron chi connectivity index (χ3n) is 3.82. The van der Waals surface area contributed by atoms with Gasteiger partial charge in [0, 0.05) is 22.5 Å². The first-order chi connectivity index (χ1) is 12.8. The number of ether oxygens (including phenoxy) is 1. The van der Waals surface area contributed by atoms with Gasteiger partial charge in [-0.1, -0.05) is 30.3 Å². The number of ketones is 1. The minimum Gasteiger partial charge on any atom is -0.454 e. The van der Waals surface area contributed by atoms with Crippen molar-refractivity contribution < 1.29 is 27.5 Å². The van der Waals surface area contributed by atoms with Crippen molar-refractivity contribution in [1.29, 1.82) is 0 Å². The number of pyridine rings is 1. The monoisotopic (exact) mass is 375 g/mol. The molecule has 0 atom stereocenters. The maximum absolute atomic E-state index is 12.7. The molecule has 0 unspecified atom stereocenters. The van der Waals surface area contributed by atoms with Crippen molar-refractivity contribution in [3.05, 3.63) is 81.6 Å². The highest BCUT2D eigenvalue weighted by molar-refractivity contribution is 6.05. The Morgan fingerprint density at radius 3 is 2.48 bits per heavy atom. The molecule has 1 N–H and O–H groups in total. The summed E-state index contributed by atoms with van der Waals surface area (Å²) in [7, 11) is 0. The summed E-state index contributed by atoms with van der Waals surface area (Å²) in [6, 6.07) is 11.4. The maximum Gasteiger partial charge on any atom is 0.416 e. The van der Waals surface area contributed by atoms with Gasteiger partial charge in [0.1, 0.15) is 0 Å². The van der Waals surface area contributed by atoms with Gasteiger partial charge < -0.3 is 9.72 Å². The zero-order chi connectivity index (χ0) is 19.6. The number of rotatable bonds is 4. The molecular weight excluding hydrogens is 363 g/mol. The van der Waals surface area contributed by atoms with Gasteiger partial charge in [-0.05, 0) is 18.2 Å². The standard InChI is InChI=1S/C19H12F3NO4/c20-19(21,22)12-5-3-4-11(8-12)16(24)10-27-18(26)14-9-17(25)23-15-7-2-1-6-13(14)15/h1-9H,10H2,(H,23,25). The molecule has 0 saturated carbocycles. The lowest BCUT2D eigenvalue weighted by molar-refractivity contribution is -0.137. The molecule has 1 aromatic heterocycles. The predicted molar refractivity (Wildman–Crippen MR) is 90.6 cm³/mol. The van der Waals surface area contributed by atoms with Crippen molar-refractivity contribution >= 4 is 22.7 Å². The molecule has 0 saturated heterocycles. The van der Waals surface area contributed by atoms with Crippen LogP contribution >= 0.6 is 0 Å². The summed E-state index contributed by atoms with van der Waals surface area (Å²) in [5.41, 5.74) is -1.34. The first kappa shape index (κ1) is 18.4. The zero-order valence-electron chi connectivity index (χ0n) is 13.7. The lowest BCUT2D eigenvalue weighted by Gasteiger charge is -2.09. The summed E-state index contributed by atoms with van der Waals surface area (Å²) < 4.78 is 43.1. The fraction of sp³-hybridized carbons (Fsp3) is 0.105. The summed E-state index contributed by atoms with van der Waals surface area (Å²) in [4.78, 5) is 38.6. The van der Waals surface area contributed by atoms with Crippen molar-refractivity contribution in [2.75, 3.05) is 6.61 Å². The third kappa shape index (κ3) is 4.05. The number of carbonyl (C=O) groups is 2. The van der Waals surface area contributed by atoms with Crippen molar-refractivity contribution in [1.82, 2.24) is 4.98 Å². The summed E-state index contributed by atoms with van der Waals surface area (Å²) in [5.74, 6) is -1.71. The number of carbonyl (C=O) groups excluding carboxylic acids is 2. The number of H-pyrrole nitrogens is 1. The van der Waals surface area contributed by atoms with Crippen molar-refractivity contribution in [2.24, 2.45) is 0 Å². The number of fused-ring (bicyclic) bond motifs is 1. The van der Waals surface area contributed by atoms with E-state index in [0.717, 1.165) is 18.2 Å². The van der Waals surface area contributed by atoms with Gasteiger partial charge in [-0.3, -0.25) is 9.59 Å². The zero-order valence-corrected chi connectivity index (χ0v) is 13.7. The topological polar surface area (TPSA) is 76.2 Å². The van der Waals surface area contributed by atoms with Crippen LogP contribution in [-0.4, -0.2) is 23.3 Å². The van der Waals surface area contributed by atoms with E-state index in [1.54, 1.807) is 24.3 Å². The van der Waals surface area contributed by atoms with Gasteiger partial charge in [-0.25, -0.2) is 4.79 Å². The van der Waals surface area contributed by atoms with E-state index in [1.807, 2.05) is 0 Å². The lowest BCUT2D eigenvalue weighted by atomic mass is 10.1. The molecular formula is C19H12F3NO4. The van der Waals surface area contributed by atoms with E-state index in [4.69, 9.17) is 4.74 Å². The third-order valence-corrected chi connectivity index (χ3v) is 3.82. The Labute approximate surface area is 150 Å². The molecule has 1 heterocycles. The van der Waals surface area contributed by atoms with Gasteiger partial charge in [0.25, 0.3) is 0 Å². The van der Waals surface area contributed by atoms with Crippen LogP contribution in [0.2, 0.25) is 0 Å². The van der Waals surface area contributed by atoms with Crippen LogP contribution in [0.4, 0.5) is 13.2 Å². The number of benzene rings is 2. The van der Waals surface area contributed by atoms with E-state index in [-0.39, 0.29) is 11.1 Å². The fourth-order valence-corrected chi connectivity index (χ4v) is 2.53. The largest absolute Gasteiger partial charge is 0.454 e. The first-order valence-corrected chi connectivity index (χ1v) is 7.75. The highest BCUT2D eigenvalue weighted by Crippen LogP contribution is 2.29. The van der Waals surface area contributed by atoms with Crippen molar-refractivity contribution in [3.63, 3.8) is 0 Å². The minimum atomic E-state index is -4.59. The molecule has 3 aromatic rings. The van der Waals surface area contributed by atoms with Crippen LogP contribution in [0.5, 0.6) is 0 Å². The fourth-order valence-electron chi connectivity index (χ4n) is 2.53. The second-order valence-corrected chi connectivity index (χ2v) is 5.67. The quantitative estimate of drug-likeness (QED) is 0.559. The molecule has 8 heteroatoms. The lowest BCUT2D eigenvalue weighted by Crippen LogP contribution is -2.17. The number of aromatic nitrogens is 1. The summed E-state index contributed by atoms with van der Waals surface area (Å²) in [5, 5.41) is 0.425. The van der Waals surface area contributed by atoms with Crippen LogP contribution in [0.1, 0.15) is 26.3 Å². The number of aromatic amines is 1. The number of esters is 1. The summed E-state index contributed by atoms with van der Waals surface area (Å²) >= 11 is 0. The van der Waals surface area contributed by atoms with E-state index in [0.29, 0.717) is 17.0 Å². The second-order valence-electron chi connectivity index (χ2n) is 5.67. The van der Waals surface area contributed by atoms with Crippen LogP contribution in [0, 0.1) is 0 Å². The Balaban J connectivity index is 1.79. The van der Waals surface area contributed by atoms with E-state index in [1.165, 1.54) is 6.07 Å². The Morgan fingerprint density at radius 1 is 1.00 bits per heavy atom. The van der Waals surface area contributed by atoms with Crippen molar-refractivity contribution in [3.8, 4) is 0 Å². The van der Waals surface area contributed by atoms with E-state index >= 15 is 0 Å². The molecule has 0 aliphatic heterocycles. The molecule has 0 amide bonds. The van der Waals surface area contributed by atoms with Gasteiger partial charge in [-0.15, -0.1) is 0 Å². The number of para-hydroxylation sites is 1. The predicted octanol–water partition coefficient (Wildman–Crippen LogP) is 3.59. The average Bonchev–Trinajstić information content (AvgIpc) is 2.64. The van der Waals surface area contributed by atoms with Gasteiger partial charge in [0.2, 0.25) is 5.56 Å². The van der Waals surface area contributed by atoms with Gasteiger partial charge in [0.15, 0.2) is 12.4 Å². The van der Waals surface area contributed by atoms with Crippen molar-refractivity contribution in [2.45, 2.75) is 6.18 Å². The smallest absolute Gasteiger partial charge is 0.416 e. The molecule has 0 spiro atoms. The van der Waals surface area contributed by atoms with Gasteiger partial charge in [0.05, 0.1) is 11.1 Å². The number of alkyl halides is 3. The van der Waals surface area contributed by atoms with E-state index in [9.17, 15) is 27.6 Å². The summed E-state index contributed by atoms with van der Waals surface area (Å²) in [6.45, 7) is -0.749. The van der Waals surface area contributed by atoms with Crippen LogP contribution in [0.25, 0.3) is 10.9 Å². The second kappa shape index (κ2) is 7.06.